The molecular formula is C31H25F8N3O3. The monoisotopic (exact) mass is 639 g/mol. The van der Waals surface area contributed by atoms with E-state index in [2.05, 4.69) is 4.98 Å². The van der Waals surface area contributed by atoms with Crippen LogP contribution in [0.15, 0.2) is 60.8 Å². The van der Waals surface area contributed by atoms with E-state index in [1.807, 2.05) is 10.6 Å². The van der Waals surface area contributed by atoms with E-state index in [4.69, 9.17) is 0 Å². The molecule has 0 aliphatic carbocycles. The van der Waals surface area contributed by atoms with Crippen LogP contribution in [0.3, 0.4) is 0 Å². The summed E-state index contributed by atoms with van der Waals surface area (Å²) >= 11 is 0. The van der Waals surface area contributed by atoms with Gasteiger partial charge in [0, 0.05) is 23.9 Å². The molecule has 3 aromatic carbocycles. The van der Waals surface area contributed by atoms with Gasteiger partial charge in [-0.1, -0.05) is 43.3 Å². The van der Waals surface area contributed by atoms with E-state index in [-0.39, 0.29) is 22.4 Å². The Kier molecular flexibility index (Phi) is 9.35. The number of aromatic nitrogens is 1. The molecule has 1 heterocycles. The van der Waals surface area contributed by atoms with Crippen molar-refractivity contribution in [2.75, 3.05) is 5.32 Å². The van der Waals surface area contributed by atoms with Crippen LogP contribution in [0.25, 0.3) is 22.0 Å². The van der Waals surface area contributed by atoms with Crippen molar-refractivity contribution in [3.05, 3.63) is 94.7 Å². The summed E-state index contributed by atoms with van der Waals surface area (Å²) in [5, 5.41) is 14.5. The average Bonchev–Trinajstić information content (AvgIpc) is 2.93. The summed E-state index contributed by atoms with van der Waals surface area (Å²) in [4.78, 5) is 28.9. The number of hydrogen-bond donors (Lipinski definition) is 3. The number of aliphatic carboxylic acids is 1. The lowest BCUT2D eigenvalue weighted by atomic mass is 9.92. The summed E-state index contributed by atoms with van der Waals surface area (Å²) < 4.78 is 111. The Bertz CT molecular complexity index is 1730. The van der Waals surface area contributed by atoms with Crippen LogP contribution in [0.5, 0.6) is 0 Å². The SMILES string of the molecule is CCC(Nc1cc(F)c(C(=O)NC(Cc2ccc(-c3nccc(C)c3C(F)(F)F)c3ccccc23)C(=O)O)c(F)c1)C(F)(F)F. The maximum atomic E-state index is 14.8. The van der Waals surface area contributed by atoms with Crippen LogP contribution in [0.2, 0.25) is 0 Å². The van der Waals surface area contributed by atoms with Crippen molar-refractivity contribution in [3.63, 3.8) is 0 Å². The first-order valence-electron chi connectivity index (χ1n) is 13.4. The van der Waals surface area contributed by atoms with Gasteiger partial charge in [-0.05, 0) is 53.4 Å². The summed E-state index contributed by atoms with van der Waals surface area (Å²) in [5.41, 5.74) is -2.72. The molecule has 1 aromatic heterocycles. The number of carbonyl (C=O) groups is 2. The zero-order valence-corrected chi connectivity index (χ0v) is 23.6. The van der Waals surface area contributed by atoms with Crippen molar-refractivity contribution in [3.8, 4) is 11.3 Å². The fourth-order valence-electron chi connectivity index (χ4n) is 5.01. The predicted molar refractivity (Wildman–Crippen MR) is 150 cm³/mol. The van der Waals surface area contributed by atoms with Gasteiger partial charge in [-0.25, -0.2) is 13.6 Å². The third-order valence-electron chi connectivity index (χ3n) is 7.15. The van der Waals surface area contributed by atoms with E-state index in [1.165, 1.54) is 50.4 Å². The van der Waals surface area contributed by atoms with Crippen molar-refractivity contribution in [2.24, 2.45) is 0 Å². The number of anilines is 1. The van der Waals surface area contributed by atoms with Crippen LogP contribution in [-0.4, -0.2) is 40.2 Å². The van der Waals surface area contributed by atoms with Gasteiger partial charge in [-0.2, -0.15) is 26.3 Å². The number of nitrogens with zero attached hydrogens (tertiary/aromatic N) is 1. The molecule has 2 atom stereocenters. The van der Waals surface area contributed by atoms with E-state index in [0.29, 0.717) is 22.9 Å². The molecule has 45 heavy (non-hydrogen) atoms. The van der Waals surface area contributed by atoms with E-state index in [1.54, 1.807) is 12.1 Å². The van der Waals surface area contributed by atoms with Crippen LogP contribution >= 0.6 is 0 Å². The summed E-state index contributed by atoms with van der Waals surface area (Å²) in [6.45, 7) is 2.51. The highest BCUT2D eigenvalue weighted by Crippen LogP contribution is 2.40. The molecule has 4 aromatic rings. The summed E-state index contributed by atoms with van der Waals surface area (Å²) in [7, 11) is 0. The van der Waals surface area contributed by atoms with Crippen LogP contribution in [0.4, 0.5) is 40.8 Å². The Balaban J connectivity index is 1.66. The Morgan fingerprint density at radius 2 is 1.56 bits per heavy atom. The number of rotatable bonds is 9. The minimum absolute atomic E-state index is 0.0527. The maximum Gasteiger partial charge on any atom is 0.418 e. The van der Waals surface area contributed by atoms with Gasteiger partial charge in [0.05, 0.1) is 11.3 Å². The lowest BCUT2D eigenvalue weighted by molar-refractivity contribution is -0.143. The van der Waals surface area contributed by atoms with E-state index >= 15 is 0 Å². The van der Waals surface area contributed by atoms with Gasteiger partial charge in [0.25, 0.3) is 5.91 Å². The van der Waals surface area contributed by atoms with Crippen molar-refractivity contribution < 1.29 is 49.8 Å². The van der Waals surface area contributed by atoms with Gasteiger partial charge < -0.3 is 15.7 Å². The molecule has 0 saturated heterocycles. The Labute approximate surface area is 251 Å². The van der Waals surface area contributed by atoms with E-state index < -0.39 is 77.6 Å². The molecule has 0 aliphatic heterocycles. The number of alkyl halides is 6. The molecule has 14 heteroatoms. The first kappa shape index (κ1) is 33.1. The van der Waals surface area contributed by atoms with Gasteiger partial charge >= 0.3 is 18.3 Å². The molecule has 238 valence electrons. The van der Waals surface area contributed by atoms with Gasteiger partial charge in [-0.15, -0.1) is 0 Å². The molecule has 6 nitrogen and oxygen atoms in total. The first-order valence-corrected chi connectivity index (χ1v) is 13.4. The Morgan fingerprint density at radius 1 is 0.933 bits per heavy atom. The number of carbonyl (C=O) groups excluding carboxylic acids is 1. The molecule has 0 saturated carbocycles. The molecule has 0 spiro atoms. The second-order valence-corrected chi connectivity index (χ2v) is 10.2. The summed E-state index contributed by atoms with van der Waals surface area (Å²) in [5.74, 6) is -6.13. The van der Waals surface area contributed by atoms with Gasteiger partial charge in [-0.3, -0.25) is 9.78 Å². The molecule has 2 unspecified atom stereocenters. The molecule has 4 rings (SSSR count). The number of fused-ring (bicyclic) bond motifs is 1. The van der Waals surface area contributed by atoms with Gasteiger partial charge in [0.1, 0.15) is 29.3 Å². The minimum atomic E-state index is -4.72. The number of nitrogens with one attached hydrogen (secondary N) is 2. The first-order chi connectivity index (χ1) is 21.0. The van der Waals surface area contributed by atoms with Crippen molar-refractivity contribution in [1.29, 1.82) is 0 Å². The summed E-state index contributed by atoms with van der Waals surface area (Å²) in [6, 6.07) is 7.23. The predicted octanol–water partition coefficient (Wildman–Crippen LogP) is 7.69. The number of halogens is 8. The molecule has 0 aliphatic rings. The molecule has 0 fully saturated rings. The number of carboxylic acids is 1. The topological polar surface area (TPSA) is 91.3 Å². The largest absolute Gasteiger partial charge is 0.480 e. The maximum absolute atomic E-state index is 14.8. The molecule has 1 amide bonds. The normalized spacial score (nSPS) is 13.4. The quantitative estimate of drug-likeness (QED) is 0.164. The number of hydrogen-bond acceptors (Lipinski definition) is 4. The zero-order valence-electron chi connectivity index (χ0n) is 23.6. The van der Waals surface area contributed by atoms with Crippen molar-refractivity contribution in [1.82, 2.24) is 10.3 Å². The Morgan fingerprint density at radius 3 is 2.11 bits per heavy atom. The fourth-order valence-corrected chi connectivity index (χ4v) is 5.01. The number of carboxylic acid groups (broad SMARTS) is 1. The second kappa shape index (κ2) is 12.7. The van der Waals surface area contributed by atoms with E-state index in [9.17, 15) is 49.8 Å². The Hall–Kier alpha value is -4.75. The number of aryl methyl sites for hydroxylation is 1. The molecule has 0 bridgehead atoms. The van der Waals surface area contributed by atoms with E-state index in [0.717, 1.165) is 0 Å². The number of benzene rings is 3. The van der Waals surface area contributed by atoms with Crippen molar-refractivity contribution >= 4 is 28.3 Å². The van der Waals surface area contributed by atoms with Crippen molar-refractivity contribution in [2.45, 2.75) is 51.1 Å². The lowest BCUT2D eigenvalue weighted by Crippen LogP contribution is -2.43. The minimum Gasteiger partial charge on any atom is -0.480 e. The van der Waals surface area contributed by atoms with Gasteiger partial charge in [0.15, 0.2) is 0 Å². The highest BCUT2D eigenvalue weighted by molar-refractivity contribution is 6.00. The fraction of sp³-hybridized carbons (Fsp3) is 0.258. The number of amides is 1. The smallest absolute Gasteiger partial charge is 0.418 e. The third-order valence-corrected chi connectivity index (χ3v) is 7.15. The molecule has 0 radical (unpaired) electrons. The molecular weight excluding hydrogens is 614 g/mol. The van der Waals surface area contributed by atoms with Crippen LogP contribution in [0.1, 0.15) is 40.4 Å². The average molecular weight is 640 g/mol. The summed E-state index contributed by atoms with van der Waals surface area (Å²) in [6.07, 6.45) is -9.09. The lowest BCUT2D eigenvalue weighted by Gasteiger charge is -2.22. The highest BCUT2D eigenvalue weighted by Gasteiger charge is 2.39. The van der Waals surface area contributed by atoms with Gasteiger partial charge in [0.2, 0.25) is 0 Å². The third kappa shape index (κ3) is 7.15. The standard InChI is InChI=1S/C31H25F8N3O3/c1-3-24(30(34,35)36)41-17-13-21(32)25(22(33)14-17)28(43)42-23(29(44)45)12-16-8-9-20(19-7-5-4-6-18(16)19)27-26(31(37,38)39)15(2)10-11-40-27/h4-11,13-14,23-24,41H,3,12H2,1-2H3,(H,42,43)(H,44,45). The van der Waals surface area contributed by atoms with Crippen LogP contribution in [0, 0.1) is 18.6 Å². The van der Waals surface area contributed by atoms with Crippen LogP contribution < -0.4 is 10.6 Å². The highest BCUT2D eigenvalue weighted by atomic mass is 19.4. The number of pyridine rings is 1. The second-order valence-electron chi connectivity index (χ2n) is 10.2. The zero-order chi connectivity index (χ0) is 33.3. The molecule has 3 N–H and O–H groups in total. The van der Waals surface area contributed by atoms with Crippen LogP contribution in [-0.2, 0) is 17.4 Å².